The standard InChI is InChI=1S/C21H23ClFN3O4S/c22-18-10-5-14(21(28)24-12-11-20(27)25-16-3-1-2-4-16)13-19(18)26-31(29,30)17-8-6-15(23)7-9-17/h5-10,13,16,26H,1-4,11-12H2,(H,24,28)(H,25,27). The number of hydrogen-bond donors (Lipinski definition) is 3. The van der Waals surface area contributed by atoms with Crippen LogP contribution in [0.2, 0.25) is 5.02 Å². The molecular weight excluding hydrogens is 445 g/mol. The highest BCUT2D eigenvalue weighted by Crippen LogP contribution is 2.26. The first kappa shape index (κ1) is 23.0. The van der Waals surface area contributed by atoms with Gasteiger partial charge in [-0.05, 0) is 55.3 Å². The van der Waals surface area contributed by atoms with Gasteiger partial charge in [-0.1, -0.05) is 24.4 Å². The van der Waals surface area contributed by atoms with Gasteiger partial charge in [-0.2, -0.15) is 0 Å². The summed E-state index contributed by atoms with van der Waals surface area (Å²) in [5.74, 6) is -1.14. The number of sulfonamides is 1. The van der Waals surface area contributed by atoms with Gasteiger partial charge in [0.15, 0.2) is 0 Å². The molecule has 3 rings (SSSR count). The average Bonchev–Trinajstić information content (AvgIpc) is 3.22. The molecule has 1 saturated carbocycles. The molecule has 3 N–H and O–H groups in total. The Kier molecular flexibility index (Phi) is 7.50. The number of amides is 2. The Hall–Kier alpha value is -2.65. The van der Waals surface area contributed by atoms with Gasteiger partial charge in [0.05, 0.1) is 15.6 Å². The van der Waals surface area contributed by atoms with Crippen molar-refractivity contribution in [2.75, 3.05) is 11.3 Å². The van der Waals surface area contributed by atoms with E-state index in [1.807, 2.05) is 0 Å². The Morgan fingerprint density at radius 1 is 1.06 bits per heavy atom. The monoisotopic (exact) mass is 467 g/mol. The predicted molar refractivity (Wildman–Crippen MR) is 116 cm³/mol. The topological polar surface area (TPSA) is 104 Å². The van der Waals surface area contributed by atoms with Crippen LogP contribution >= 0.6 is 11.6 Å². The molecule has 1 aliphatic carbocycles. The van der Waals surface area contributed by atoms with Crippen LogP contribution in [0.15, 0.2) is 47.4 Å². The highest BCUT2D eigenvalue weighted by molar-refractivity contribution is 7.92. The minimum absolute atomic E-state index is 0.0117. The second-order valence-electron chi connectivity index (χ2n) is 7.31. The van der Waals surface area contributed by atoms with Crippen LogP contribution in [0.4, 0.5) is 10.1 Å². The maximum atomic E-state index is 13.1. The van der Waals surface area contributed by atoms with Crippen LogP contribution in [0.1, 0.15) is 42.5 Å². The fraction of sp³-hybridized carbons (Fsp3) is 0.333. The lowest BCUT2D eigenvalue weighted by Crippen LogP contribution is -2.35. The molecule has 0 saturated heterocycles. The number of carbonyl (C=O) groups excluding carboxylic acids is 2. The smallest absolute Gasteiger partial charge is 0.261 e. The van der Waals surface area contributed by atoms with E-state index in [2.05, 4.69) is 15.4 Å². The molecule has 7 nitrogen and oxygen atoms in total. The number of halogens is 2. The summed E-state index contributed by atoms with van der Waals surface area (Å²) in [4.78, 5) is 24.2. The molecule has 0 unspecified atom stereocenters. The van der Waals surface area contributed by atoms with Gasteiger partial charge < -0.3 is 10.6 Å². The molecule has 0 aromatic heterocycles. The third kappa shape index (κ3) is 6.41. The Morgan fingerprint density at radius 2 is 1.74 bits per heavy atom. The van der Waals surface area contributed by atoms with Crippen LogP contribution in [-0.2, 0) is 14.8 Å². The SMILES string of the molecule is O=C(CCNC(=O)c1ccc(Cl)c(NS(=O)(=O)c2ccc(F)cc2)c1)NC1CCCC1. The molecule has 0 heterocycles. The molecule has 31 heavy (non-hydrogen) atoms. The molecule has 2 aromatic carbocycles. The molecule has 166 valence electrons. The normalized spacial score (nSPS) is 14.3. The fourth-order valence-corrected chi connectivity index (χ4v) is 4.62. The van der Waals surface area contributed by atoms with Crippen LogP contribution in [0.25, 0.3) is 0 Å². The number of carbonyl (C=O) groups is 2. The van der Waals surface area contributed by atoms with E-state index in [0.29, 0.717) is 0 Å². The molecule has 2 amide bonds. The van der Waals surface area contributed by atoms with E-state index >= 15 is 0 Å². The summed E-state index contributed by atoms with van der Waals surface area (Å²) in [5.41, 5.74) is 0.190. The molecule has 2 aromatic rings. The first-order chi connectivity index (χ1) is 14.7. The zero-order chi connectivity index (χ0) is 22.4. The second kappa shape index (κ2) is 10.1. The molecule has 0 radical (unpaired) electrons. The average molecular weight is 468 g/mol. The minimum Gasteiger partial charge on any atom is -0.353 e. The number of nitrogens with one attached hydrogen (secondary N) is 3. The van der Waals surface area contributed by atoms with Crippen molar-refractivity contribution in [3.63, 3.8) is 0 Å². The van der Waals surface area contributed by atoms with Crippen molar-refractivity contribution >= 4 is 39.1 Å². The van der Waals surface area contributed by atoms with E-state index in [4.69, 9.17) is 11.6 Å². The van der Waals surface area contributed by atoms with Gasteiger partial charge in [-0.15, -0.1) is 0 Å². The molecular formula is C21H23ClFN3O4S. The van der Waals surface area contributed by atoms with Gasteiger partial charge in [0.25, 0.3) is 15.9 Å². The van der Waals surface area contributed by atoms with E-state index in [1.165, 1.54) is 18.2 Å². The number of rotatable bonds is 8. The summed E-state index contributed by atoms with van der Waals surface area (Å²) < 4.78 is 40.4. The van der Waals surface area contributed by atoms with Crippen LogP contribution in [-0.4, -0.2) is 32.8 Å². The lowest BCUT2D eigenvalue weighted by atomic mass is 10.2. The van der Waals surface area contributed by atoms with E-state index in [-0.39, 0.29) is 46.1 Å². The largest absolute Gasteiger partial charge is 0.353 e. The van der Waals surface area contributed by atoms with E-state index < -0.39 is 21.7 Å². The van der Waals surface area contributed by atoms with Crippen molar-refractivity contribution in [2.45, 2.75) is 43.0 Å². The van der Waals surface area contributed by atoms with Crippen molar-refractivity contribution in [2.24, 2.45) is 0 Å². The van der Waals surface area contributed by atoms with Crippen LogP contribution in [0, 0.1) is 5.82 Å². The molecule has 10 heteroatoms. The first-order valence-corrected chi connectivity index (χ1v) is 11.8. The van der Waals surface area contributed by atoms with Crippen molar-refractivity contribution in [1.82, 2.24) is 10.6 Å². The van der Waals surface area contributed by atoms with Gasteiger partial charge in [-0.3, -0.25) is 14.3 Å². The van der Waals surface area contributed by atoms with Gasteiger partial charge in [-0.25, -0.2) is 12.8 Å². The van der Waals surface area contributed by atoms with Crippen molar-refractivity contribution in [3.05, 3.63) is 58.9 Å². The molecule has 0 bridgehead atoms. The highest BCUT2D eigenvalue weighted by Gasteiger charge is 2.19. The maximum Gasteiger partial charge on any atom is 0.261 e. The summed E-state index contributed by atoms with van der Waals surface area (Å²) in [6.45, 7) is 0.149. The van der Waals surface area contributed by atoms with Crippen LogP contribution < -0.4 is 15.4 Å². The molecule has 0 spiro atoms. The second-order valence-corrected chi connectivity index (χ2v) is 9.40. The van der Waals surface area contributed by atoms with E-state index in [0.717, 1.165) is 49.9 Å². The zero-order valence-corrected chi connectivity index (χ0v) is 18.2. The van der Waals surface area contributed by atoms with E-state index in [1.54, 1.807) is 0 Å². The van der Waals surface area contributed by atoms with Gasteiger partial charge in [0, 0.05) is 24.6 Å². The molecule has 1 fully saturated rings. The predicted octanol–water partition coefficient (Wildman–Crippen LogP) is 3.46. The number of benzene rings is 2. The lowest BCUT2D eigenvalue weighted by molar-refractivity contribution is -0.121. The minimum atomic E-state index is -4.02. The zero-order valence-electron chi connectivity index (χ0n) is 16.7. The summed E-state index contributed by atoms with van der Waals surface area (Å²) in [7, 11) is -4.02. The molecule has 1 aliphatic rings. The van der Waals surface area contributed by atoms with Crippen molar-refractivity contribution < 1.29 is 22.4 Å². The third-order valence-corrected chi connectivity index (χ3v) is 6.67. The maximum absolute atomic E-state index is 13.1. The Morgan fingerprint density at radius 3 is 2.42 bits per heavy atom. The van der Waals surface area contributed by atoms with Crippen LogP contribution in [0.3, 0.4) is 0 Å². The highest BCUT2D eigenvalue weighted by atomic mass is 35.5. The number of hydrogen-bond acceptors (Lipinski definition) is 4. The van der Waals surface area contributed by atoms with Gasteiger partial charge in [0.1, 0.15) is 5.82 Å². The summed E-state index contributed by atoms with van der Waals surface area (Å²) in [5, 5.41) is 5.68. The van der Waals surface area contributed by atoms with Gasteiger partial charge in [0.2, 0.25) is 5.91 Å². The third-order valence-electron chi connectivity index (χ3n) is 4.95. The first-order valence-electron chi connectivity index (χ1n) is 9.90. The van der Waals surface area contributed by atoms with Crippen LogP contribution in [0.5, 0.6) is 0 Å². The van der Waals surface area contributed by atoms with E-state index in [9.17, 15) is 22.4 Å². The lowest BCUT2D eigenvalue weighted by Gasteiger charge is -2.13. The Bertz CT molecular complexity index is 1050. The fourth-order valence-electron chi connectivity index (χ4n) is 3.32. The summed E-state index contributed by atoms with van der Waals surface area (Å²) in [6.07, 6.45) is 4.36. The van der Waals surface area contributed by atoms with Crippen molar-refractivity contribution in [1.29, 1.82) is 0 Å². The summed E-state index contributed by atoms with van der Waals surface area (Å²) in [6, 6.07) is 8.68. The summed E-state index contributed by atoms with van der Waals surface area (Å²) >= 11 is 6.07. The van der Waals surface area contributed by atoms with Crippen molar-refractivity contribution in [3.8, 4) is 0 Å². The van der Waals surface area contributed by atoms with Gasteiger partial charge >= 0.3 is 0 Å². The quantitative estimate of drug-likeness (QED) is 0.553. The Labute approximate surface area is 185 Å². The molecule has 0 aliphatic heterocycles. The number of anilines is 1. The molecule has 0 atom stereocenters. The Balaban J connectivity index is 1.59.